The molecule has 9 heteroatoms. The Morgan fingerprint density at radius 1 is 1.15 bits per heavy atom. The molecular formula is C30H37N3O6. The minimum atomic E-state index is -1.17. The Morgan fingerprint density at radius 2 is 1.85 bits per heavy atom. The fraction of sp³-hybridized carbons (Fsp3) is 0.500. The lowest BCUT2D eigenvalue weighted by atomic mass is 9.62. The van der Waals surface area contributed by atoms with E-state index < -0.39 is 35.1 Å². The molecule has 208 valence electrons. The molecule has 3 aliphatic rings. The molecule has 2 aromatic carbocycles. The van der Waals surface area contributed by atoms with Crippen LogP contribution in [0.25, 0.3) is 0 Å². The summed E-state index contributed by atoms with van der Waals surface area (Å²) in [4.78, 5) is 43.1. The Hall–Kier alpha value is -3.43. The van der Waals surface area contributed by atoms with Crippen molar-refractivity contribution >= 4 is 23.4 Å². The molecule has 3 N–H and O–H groups in total. The first-order chi connectivity index (χ1) is 18.7. The molecule has 3 fully saturated rings. The average Bonchev–Trinajstić information content (AvgIpc) is 3.45. The maximum absolute atomic E-state index is 14.1. The van der Waals surface area contributed by atoms with E-state index in [4.69, 9.17) is 9.47 Å². The monoisotopic (exact) mass is 535 g/mol. The van der Waals surface area contributed by atoms with Crippen LogP contribution in [0.1, 0.15) is 39.7 Å². The zero-order chi connectivity index (χ0) is 27.9. The Kier molecular flexibility index (Phi) is 7.15. The number of nitrogens with zero attached hydrogens (tertiary/aromatic N) is 1. The summed E-state index contributed by atoms with van der Waals surface area (Å²) in [6.45, 7) is 8.00. The standard InChI is InChI=1S/C30H37N3O6/c1-5-38-22-13-11-21(12-14-22)32-26(35)23-24-28(37)33(19(3)17-34)25(30(24)15-18(2)29(23,4)39-30)27(36)31-16-20-9-7-6-8-10-20/h6-14,18-19,23-25,34H,5,15-17H2,1-4H3,(H,31,36)(H,32,35)/t18?,19-,23+,24+,25?,29-,30?/m1/s1. The van der Waals surface area contributed by atoms with Gasteiger partial charge >= 0.3 is 0 Å². The number of hydrogen-bond acceptors (Lipinski definition) is 6. The number of aliphatic hydroxyl groups excluding tert-OH is 1. The maximum atomic E-state index is 14.1. The summed E-state index contributed by atoms with van der Waals surface area (Å²) >= 11 is 0. The Labute approximate surface area is 228 Å². The second-order valence-electron chi connectivity index (χ2n) is 11.1. The number of rotatable bonds is 9. The van der Waals surface area contributed by atoms with Gasteiger partial charge in [0.15, 0.2) is 0 Å². The minimum absolute atomic E-state index is 0.0774. The quantitative estimate of drug-likeness (QED) is 0.455. The number of hydrogen-bond donors (Lipinski definition) is 3. The predicted molar refractivity (Wildman–Crippen MR) is 145 cm³/mol. The van der Waals surface area contributed by atoms with Gasteiger partial charge in [0.05, 0.1) is 36.7 Å². The molecule has 9 nitrogen and oxygen atoms in total. The Morgan fingerprint density at radius 3 is 2.49 bits per heavy atom. The number of anilines is 1. The molecule has 7 atom stereocenters. The van der Waals surface area contributed by atoms with Gasteiger partial charge in [-0.3, -0.25) is 14.4 Å². The molecule has 1 spiro atoms. The van der Waals surface area contributed by atoms with Crippen LogP contribution in [0.15, 0.2) is 54.6 Å². The topological polar surface area (TPSA) is 117 Å². The van der Waals surface area contributed by atoms with Crippen LogP contribution in [0.4, 0.5) is 5.69 Å². The summed E-state index contributed by atoms with van der Waals surface area (Å²) in [5, 5.41) is 16.0. The molecule has 3 saturated heterocycles. The summed E-state index contributed by atoms with van der Waals surface area (Å²) < 4.78 is 12.2. The van der Waals surface area contributed by atoms with Crippen LogP contribution in [0.2, 0.25) is 0 Å². The van der Waals surface area contributed by atoms with Gasteiger partial charge in [-0.25, -0.2) is 0 Å². The van der Waals surface area contributed by atoms with E-state index >= 15 is 0 Å². The molecule has 2 aromatic rings. The molecular weight excluding hydrogens is 498 g/mol. The lowest BCUT2D eigenvalue weighted by Gasteiger charge is -2.36. The van der Waals surface area contributed by atoms with Gasteiger partial charge in [0.1, 0.15) is 17.4 Å². The van der Waals surface area contributed by atoms with Crippen molar-refractivity contribution in [2.45, 2.75) is 63.9 Å². The molecule has 5 rings (SSSR count). The van der Waals surface area contributed by atoms with Crippen LogP contribution < -0.4 is 15.4 Å². The van der Waals surface area contributed by atoms with Gasteiger partial charge in [-0.05, 0) is 62.9 Å². The van der Waals surface area contributed by atoms with Crippen LogP contribution in [0.3, 0.4) is 0 Å². The van der Waals surface area contributed by atoms with Crippen LogP contribution in [0, 0.1) is 17.8 Å². The van der Waals surface area contributed by atoms with E-state index in [9.17, 15) is 19.5 Å². The number of fused-ring (bicyclic) bond motifs is 1. The molecule has 0 aliphatic carbocycles. The number of carbonyl (C=O) groups is 3. The Bertz CT molecular complexity index is 1240. The summed E-state index contributed by atoms with van der Waals surface area (Å²) in [5.74, 6) is -2.04. The highest BCUT2D eigenvalue weighted by Crippen LogP contribution is 2.65. The first-order valence-electron chi connectivity index (χ1n) is 13.6. The summed E-state index contributed by atoms with van der Waals surface area (Å²) in [6, 6.07) is 15.0. The second kappa shape index (κ2) is 10.3. The van der Waals surface area contributed by atoms with Crippen LogP contribution in [-0.4, -0.2) is 64.2 Å². The van der Waals surface area contributed by atoms with Crippen LogP contribution >= 0.6 is 0 Å². The van der Waals surface area contributed by atoms with Crippen molar-refractivity contribution in [2.24, 2.45) is 17.8 Å². The fourth-order valence-electron chi connectivity index (χ4n) is 6.84. The van der Waals surface area contributed by atoms with E-state index in [1.54, 1.807) is 31.2 Å². The van der Waals surface area contributed by atoms with Crippen molar-refractivity contribution in [1.29, 1.82) is 0 Å². The lowest BCUT2D eigenvalue weighted by molar-refractivity contribution is -0.149. The van der Waals surface area contributed by atoms with Gasteiger partial charge in [-0.2, -0.15) is 0 Å². The second-order valence-corrected chi connectivity index (χ2v) is 11.1. The molecule has 3 unspecified atom stereocenters. The van der Waals surface area contributed by atoms with Gasteiger partial charge in [0, 0.05) is 12.2 Å². The Balaban J connectivity index is 1.46. The number of aliphatic hydroxyl groups is 1. The molecule has 3 heterocycles. The number of benzene rings is 2. The first-order valence-corrected chi connectivity index (χ1v) is 13.6. The number of carbonyl (C=O) groups excluding carboxylic acids is 3. The number of nitrogens with one attached hydrogen (secondary N) is 2. The summed E-state index contributed by atoms with van der Waals surface area (Å²) in [5.41, 5.74) is -0.589. The highest BCUT2D eigenvalue weighted by molar-refractivity contribution is 6.02. The van der Waals surface area contributed by atoms with E-state index in [2.05, 4.69) is 10.6 Å². The number of likely N-dealkylation sites (tertiary alicyclic amines) is 1. The van der Waals surface area contributed by atoms with Crippen molar-refractivity contribution in [3.63, 3.8) is 0 Å². The van der Waals surface area contributed by atoms with Gasteiger partial charge in [-0.15, -0.1) is 0 Å². The van der Waals surface area contributed by atoms with Crippen LogP contribution in [-0.2, 0) is 25.7 Å². The van der Waals surface area contributed by atoms with Crippen molar-refractivity contribution in [3.8, 4) is 5.75 Å². The third-order valence-electron chi connectivity index (χ3n) is 8.76. The molecule has 3 aliphatic heterocycles. The third kappa shape index (κ3) is 4.37. The summed E-state index contributed by atoms with van der Waals surface area (Å²) in [6.07, 6.45) is 0.463. The van der Waals surface area contributed by atoms with Crippen molar-refractivity contribution < 1.29 is 29.0 Å². The van der Waals surface area contributed by atoms with E-state index in [1.165, 1.54) is 4.90 Å². The fourth-order valence-corrected chi connectivity index (χ4v) is 6.84. The minimum Gasteiger partial charge on any atom is -0.494 e. The van der Waals surface area contributed by atoms with Crippen molar-refractivity contribution in [3.05, 3.63) is 60.2 Å². The van der Waals surface area contributed by atoms with Crippen LogP contribution in [0.5, 0.6) is 5.75 Å². The van der Waals surface area contributed by atoms with E-state index in [1.807, 2.05) is 51.1 Å². The van der Waals surface area contributed by atoms with Gasteiger partial charge in [0.2, 0.25) is 17.7 Å². The number of amides is 3. The van der Waals surface area contributed by atoms with E-state index in [0.717, 1.165) is 5.56 Å². The third-order valence-corrected chi connectivity index (χ3v) is 8.76. The lowest BCUT2D eigenvalue weighted by Crippen LogP contribution is -2.57. The largest absolute Gasteiger partial charge is 0.494 e. The average molecular weight is 536 g/mol. The highest BCUT2D eigenvalue weighted by atomic mass is 16.5. The normalized spacial score (nSPS) is 31.6. The molecule has 39 heavy (non-hydrogen) atoms. The molecule has 2 bridgehead atoms. The predicted octanol–water partition coefficient (Wildman–Crippen LogP) is 2.73. The molecule has 0 saturated carbocycles. The van der Waals surface area contributed by atoms with Crippen molar-refractivity contribution in [1.82, 2.24) is 10.2 Å². The molecule has 0 radical (unpaired) electrons. The van der Waals surface area contributed by atoms with E-state index in [-0.39, 0.29) is 30.2 Å². The SMILES string of the molecule is CCOc1ccc(NC(=O)[C@@H]2[C@H]3C(=O)N([C@H](C)CO)C(C(=O)NCc4ccccc4)C34CC(C)[C@@]2(C)O4)cc1. The molecule has 0 aromatic heterocycles. The number of ether oxygens (including phenoxy) is 2. The van der Waals surface area contributed by atoms with Gasteiger partial charge in [0.25, 0.3) is 0 Å². The maximum Gasteiger partial charge on any atom is 0.246 e. The van der Waals surface area contributed by atoms with Gasteiger partial charge < -0.3 is 30.1 Å². The zero-order valence-corrected chi connectivity index (χ0v) is 22.8. The van der Waals surface area contributed by atoms with E-state index in [0.29, 0.717) is 31.0 Å². The molecule has 3 amide bonds. The van der Waals surface area contributed by atoms with Crippen molar-refractivity contribution in [2.75, 3.05) is 18.5 Å². The highest BCUT2D eigenvalue weighted by Gasteiger charge is 2.80. The summed E-state index contributed by atoms with van der Waals surface area (Å²) in [7, 11) is 0. The smallest absolute Gasteiger partial charge is 0.246 e. The zero-order valence-electron chi connectivity index (χ0n) is 22.8. The van der Waals surface area contributed by atoms with Gasteiger partial charge in [-0.1, -0.05) is 37.3 Å². The first kappa shape index (κ1) is 27.1.